The highest BCUT2D eigenvalue weighted by molar-refractivity contribution is 5.84. The van der Waals surface area contributed by atoms with E-state index in [4.69, 9.17) is 9.15 Å². The Balaban J connectivity index is 1.76. The van der Waals surface area contributed by atoms with E-state index in [1.807, 2.05) is 18.2 Å². The van der Waals surface area contributed by atoms with Gasteiger partial charge in [0.1, 0.15) is 5.58 Å². The van der Waals surface area contributed by atoms with Crippen LogP contribution in [0.1, 0.15) is 0 Å². The Morgan fingerprint density at radius 3 is 2.80 bits per heavy atom. The van der Waals surface area contributed by atoms with E-state index in [0.29, 0.717) is 22.7 Å². The van der Waals surface area contributed by atoms with E-state index in [9.17, 15) is 4.79 Å². The SMILES string of the molecule is COc1cccc(-c2cc3ccc(N4CCNCC4)cc3oc2=O)n1. The standard InChI is InChI=1S/C19H19N3O3/c1-24-18-4-2-3-16(21-18)15-11-13-5-6-14(12-17(13)25-19(15)23)22-9-7-20-8-10-22/h2-6,11-12,20H,7-10H2,1H3. The van der Waals surface area contributed by atoms with Crippen molar-refractivity contribution in [2.75, 3.05) is 38.2 Å². The lowest BCUT2D eigenvalue weighted by Gasteiger charge is -2.29. The topological polar surface area (TPSA) is 67.6 Å². The van der Waals surface area contributed by atoms with Crippen molar-refractivity contribution >= 4 is 16.7 Å². The number of pyridine rings is 1. The lowest BCUT2D eigenvalue weighted by molar-refractivity contribution is 0.398. The molecule has 0 saturated carbocycles. The Kier molecular flexibility index (Phi) is 4.11. The van der Waals surface area contributed by atoms with Crippen LogP contribution in [0.2, 0.25) is 0 Å². The second-order valence-electron chi connectivity index (χ2n) is 5.97. The molecule has 128 valence electrons. The first-order chi connectivity index (χ1) is 12.2. The molecule has 2 aromatic heterocycles. The largest absolute Gasteiger partial charge is 0.481 e. The Morgan fingerprint density at radius 2 is 2.00 bits per heavy atom. The van der Waals surface area contributed by atoms with Crippen LogP contribution in [-0.4, -0.2) is 38.3 Å². The van der Waals surface area contributed by atoms with Crippen LogP contribution in [0, 0.1) is 0 Å². The summed E-state index contributed by atoms with van der Waals surface area (Å²) in [5, 5.41) is 4.21. The third kappa shape index (κ3) is 3.08. The fraction of sp³-hybridized carbons (Fsp3) is 0.263. The van der Waals surface area contributed by atoms with E-state index in [1.54, 1.807) is 25.3 Å². The molecule has 6 heteroatoms. The Hall–Kier alpha value is -2.86. The van der Waals surface area contributed by atoms with E-state index >= 15 is 0 Å². The lowest BCUT2D eigenvalue weighted by Crippen LogP contribution is -2.43. The van der Waals surface area contributed by atoms with Crippen molar-refractivity contribution in [3.63, 3.8) is 0 Å². The van der Waals surface area contributed by atoms with Gasteiger partial charge in [0.2, 0.25) is 5.88 Å². The molecule has 0 amide bonds. The normalized spacial score (nSPS) is 14.7. The lowest BCUT2D eigenvalue weighted by atomic mass is 10.1. The van der Waals surface area contributed by atoms with Gasteiger partial charge < -0.3 is 19.4 Å². The molecule has 0 bridgehead atoms. The number of hydrogen-bond acceptors (Lipinski definition) is 6. The van der Waals surface area contributed by atoms with Crippen LogP contribution >= 0.6 is 0 Å². The summed E-state index contributed by atoms with van der Waals surface area (Å²) >= 11 is 0. The van der Waals surface area contributed by atoms with Crippen LogP contribution < -0.4 is 20.6 Å². The summed E-state index contributed by atoms with van der Waals surface area (Å²) in [6.45, 7) is 3.81. The van der Waals surface area contributed by atoms with Crippen molar-refractivity contribution in [1.82, 2.24) is 10.3 Å². The van der Waals surface area contributed by atoms with Crippen molar-refractivity contribution in [1.29, 1.82) is 0 Å². The Labute approximate surface area is 145 Å². The van der Waals surface area contributed by atoms with Crippen LogP contribution in [0.5, 0.6) is 5.88 Å². The van der Waals surface area contributed by atoms with Crippen molar-refractivity contribution < 1.29 is 9.15 Å². The zero-order valence-electron chi connectivity index (χ0n) is 14.0. The molecule has 0 radical (unpaired) electrons. The van der Waals surface area contributed by atoms with Gasteiger partial charge in [-0.25, -0.2) is 9.78 Å². The van der Waals surface area contributed by atoms with E-state index in [1.165, 1.54) is 0 Å². The van der Waals surface area contributed by atoms with Crippen LogP contribution in [0.3, 0.4) is 0 Å². The first-order valence-corrected chi connectivity index (χ1v) is 8.29. The van der Waals surface area contributed by atoms with Crippen LogP contribution in [0.25, 0.3) is 22.2 Å². The smallest absolute Gasteiger partial charge is 0.345 e. The minimum absolute atomic E-state index is 0.397. The molecule has 1 N–H and O–H groups in total. The minimum atomic E-state index is -0.397. The number of benzene rings is 1. The maximum absolute atomic E-state index is 12.4. The predicted molar refractivity (Wildman–Crippen MR) is 97.3 cm³/mol. The second kappa shape index (κ2) is 6.57. The predicted octanol–water partition coefficient (Wildman–Crippen LogP) is 2.27. The van der Waals surface area contributed by atoms with E-state index < -0.39 is 5.63 Å². The number of aromatic nitrogens is 1. The highest BCUT2D eigenvalue weighted by Crippen LogP contribution is 2.25. The minimum Gasteiger partial charge on any atom is -0.481 e. The van der Waals surface area contributed by atoms with E-state index in [2.05, 4.69) is 21.3 Å². The number of nitrogens with one attached hydrogen (secondary N) is 1. The molecule has 0 unspecified atom stereocenters. The number of anilines is 1. The van der Waals surface area contributed by atoms with Crippen LogP contribution in [0.15, 0.2) is 51.7 Å². The molecule has 0 atom stereocenters. The molecule has 4 rings (SSSR count). The molecule has 3 heterocycles. The fourth-order valence-electron chi connectivity index (χ4n) is 3.08. The highest BCUT2D eigenvalue weighted by Gasteiger charge is 2.14. The molecule has 25 heavy (non-hydrogen) atoms. The number of nitrogens with zero attached hydrogens (tertiary/aromatic N) is 2. The van der Waals surface area contributed by atoms with E-state index in [-0.39, 0.29) is 0 Å². The molecule has 1 aliphatic heterocycles. The summed E-state index contributed by atoms with van der Waals surface area (Å²) in [5.41, 5.74) is 2.24. The third-order valence-corrected chi connectivity index (χ3v) is 4.41. The monoisotopic (exact) mass is 337 g/mol. The average molecular weight is 337 g/mol. The van der Waals surface area contributed by atoms with Gasteiger partial charge in [0, 0.05) is 49.4 Å². The average Bonchev–Trinajstić information content (AvgIpc) is 2.67. The molecule has 6 nitrogen and oxygen atoms in total. The van der Waals surface area contributed by atoms with Gasteiger partial charge >= 0.3 is 5.63 Å². The Morgan fingerprint density at radius 1 is 1.16 bits per heavy atom. The van der Waals surface area contributed by atoms with Gasteiger partial charge in [-0.15, -0.1) is 0 Å². The summed E-state index contributed by atoms with van der Waals surface area (Å²) in [6, 6.07) is 13.1. The molecule has 1 aliphatic rings. The molecule has 3 aromatic rings. The molecular formula is C19H19N3O3. The van der Waals surface area contributed by atoms with Gasteiger partial charge in [-0.05, 0) is 24.3 Å². The number of hydrogen-bond donors (Lipinski definition) is 1. The number of rotatable bonds is 3. The van der Waals surface area contributed by atoms with Crippen LogP contribution in [0.4, 0.5) is 5.69 Å². The zero-order chi connectivity index (χ0) is 17.2. The number of fused-ring (bicyclic) bond motifs is 1. The summed E-state index contributed by atoms with van der Waals surface area (Å²) in [6.07, 6.45) is 0. The first-order valence-electron chi connectivity index (χ1n) is 8.29. The van der Waals surface area contributed by atoms with Gasteiger partial charge in [0.05, 0.1) is 18.4 Å². The molecule has 1 aromatic carbocycles. The van der Waals surface area contributed by atoms with Gasteiger partial charge in [-0.2, -0.15) is 0 Å². The van der Waals surface area contributed by atoms with Gasteiger partial charge in [-0.1, -0.05) is 6.07 Å². The molecule has 1 saturated heterocycles. The quantitative estimate of drug-likeness (QED) is 0.740. The highest BCUT2D eigenvalue weighted by atomic mass is 16.5. The third-order valence-electron chi connectivity index (χ3n) is 4.41. The van der Waals surface area contributed by atoms with Crippen molar-refractivity contribution in [2.45, 2.75) is 0 Å². The second-order valence-corrected chi connectivity index (χ2v) is 5.97. The number of ether oxygens (including phenoxy) is 1. The van der Waals surface area contributed by atoms with Gasteiger partial charge in [0.25, 0.3) is 0 Å². The Bertz CT molecular complexity index is 962. The van der Waals surface area contributed by atoms with Crippen molar-refractivity contribution in [3.05, 3.63) is 52.9 Å². The number of methoxy groups -OCH3 is 1. The van der Waals surface area contributed by atoms with Gasteiger partial charge in [-0.3, -0.25) is 0 Å². The number of piperazine rings is 1. The maximum atomic E-state index is 12.4. The van der Waals surface area contributed by atoms with Gasteiger partial charge in [0.15, 0.2) is 0 Å². The summed E-state index contributed by atoms with van der Waals surface area (Å²) in [7, 11) is 1.55. The molecule has 0 aliphatic carbocycles. The molecular weight excluding hydrogens is 318 g/mol. The zero-order valence-corrected chi connectivity index (χ0v) is 14.0. The van der Waals surface area contributed by atoms with Crippen molar-refractivity contribution in [3.8, 4) is 17.1 Å². The summed E-state index contributed by atoms with van der Waals surface area (Å²) in [4.78, 5) is 19.1. The summed E-state index contributed by atoms with van der Waals surface area (Å²) in [5.74, 6) is 0.464. The van der Waals surface area contributed by atoms with Crippen LogP contribution in [-0.2, 0) is 0 Å². The molecule has 0 spiro atoms. The maximum Gasteiger partial charge on any atom is 0.345 e. The fourth-order valence-corrected chi connectivity index (χ4v) is 3.08. The van der Waals surface area contributed by atoms with Crippen molar-refractivity contribution in [2.24, 2.45) is 0 Å². The summed E-state index contributed by atoms with van der Waals surface area (Å²) < 4.78 is 10.7. The molecule has 1 fully saturated rings. The van der Waals surface area contributed by atoms with E-state index in [0.717, 1.165) is 37.3 Å². The first kappa shape index (κ1) is 15.7.